The molecule has 0 radical (unpaired) electrons. The van der Waals surface area contributed by atoms with Crippen LogP contribution in [0.2, 0.25) is 0 Å². The molecule has 0 fully saturated rings. The minimum atomic E-state index is -1.51. The first-order valence-corrected chi connectivity index (χ1v) is 34.8. The van der Waals surface area contributed by atoms with Gasteiger partial charge in [0.05, 0.1) is 34.4 Å². The lowest BCUT2D eigenvalue weighted by atomic mass is 10.0. The van der Waals surface area contributed by atoms with Crippen molar-refractivity contribution in [2.75, 3.05) is 47.5 Å². The Bertz CT molecular complexity index is 1640. The van der Waals surface area contributed by atoms with Crippen LogP contribution in [-0.4, -0.2) is 87.4 Å². The second kappa shape index (κ2) is 64.5. The largest absolute Gasteiger partial charge is 0.477 e. The van der Waals surface area contributed by atoms with Gasteiger partial charge in [0.1, 0.15) is 13.2 Å². The van der Waals surface area contributed by atoms with Gasteiger partial charge in [-0.1, -0.05) is 311 Å². The molecule has 0 rings (SSSR count). The third-order valence-corrected chi connectivity index (χ3v) is 15.2. The highest BCUT2D eigenvalue weighted by atomic mass is 16.7. The quantitative estimate of drug-likeness (QED) is 0.0211. The highest BCUT2D eigenvalue weighted by molar-refractivity contribution is 5.71. The summed E-state index contributed by atoms with van der Waals surface area (Å²) in [6.45, 7) is 4.81. The molecule has 0 aliphatic rings. The lowest BCUT2D eigenvalue weighted by Crippen LogP contribution is -2.40. The van der Waals surface area contributed by atoms with Gasteiger partial charge in [0, 0.05) is 12.8 Å². The van der Waals surface area contributed by atoms with Crippen LogP contribution >= 0.6 is 0 Å². The Labute approximate surface area is 512 Å². The van der Waals surface area contributed by atoms with Crippen LogP contribution in [0.15, 0.2) is 85.1 Å². The zero-order valence-corrected chi connectivity index (χ0v) is 54.8. The van der Waals surface area contributed by atoms with Crippen molar-refractivity contribution in [1.29, 1.82) is 0 Å². The fourth-order valence-electron chi connectivity index (χ4n) is 9.88. The molecule has 0 aromatic rings. The molecule has 0 saturated carbocycles. The molecule has 9 heteroatoms. The smallest absolute Gasteiger partial charge is 0.361 e. The average Bonchev–Trinajstić information content (AvgIpc) is 3.46. The monoisotopic (exact) mass is 1160 g/mol. The van der Waals surface area contributed by atoms with Crippen molar-refractivity contribution in [2.24, 2.45) is 0 Å². The van der Waals surface area contributed by atoms with Crippen molar-refractivity contribution in [3.8, 4) is 0 Å². The van der Waals surface area contributed by atoms with Crippen LogP contribution < -0.4 is 0 Å². The van der Waals surface area contributed by atoms with E-state index in [0.717, 1.165) is 83.5 Å². The molecule has 0 saturated heterocycles. The number of carboxylic acid groups (broad SMARTS) is 1. The number of quaternary nitrogens is 1. The molecule has 0 heterocycles. The van der Waals surface area contributed by atoms with Crippen molar-refractivity contribution >= 4 is 17.9 Å². The number of carbonyl (C=O) groups is 3. The predicted molar refractivity (Wildman–Crippen MR) is 355 cm³/mol. The number of hydrogen-bond donors (Lipinski definition) is 1. The van der Waals surface area contributed by atoms with Crippen molar-refractivity contribution in [1.82, 2.24) is 0 Å². The first-order valence-electron chi connectivity index (χ1n) is 34.8. The van der Waals surface area contributed by atoms with Crippen LogP contribution in [0.1, 0.15) is 309 Å². The van der Waals surface area contributed by atoms with Crippen molar-refractivity contribution in [3.63, 3.8) is 0 Å². The van der Waals surface area contributed by atoms with E-state index in [1.54, 1.807) is 0 Å². The van der Waals surface area contributed by atoms with Crippen molar-refractivity contribution in [2.45, 2.75) is 322 Å². The normalized spacial score (nSPS) is 13.2. The maximum absolute atomic E-state index is 12.9. The summed E-state index contributed by atoms with van der Waals surface area (Å²) in [6, 6.07) is 0. The molecule has 9 nitrogen and oxygen atoms in total. The number of carboxylic acids is 1. The van der Waals surface area contributed by atoms with E-state index in [9.17, 15) is 19.5 Å². The zero-order chi connectivity index (χ0) is 60.5. The Morgan fingerprint density at radius 2 is 0.687 bits per heavy atom. The van der Waals surface area contributed by atoms with E-state index in [-0.39, 0.29) is 32.2 Å². The first kappa shape index (κ1) is 79.5. The predicted octanol–water partition coefficient (Wildman–Crippen LogP) is 21.5. The minimum absolute atomic E-state index is 0.180. The molecule has 0 bridgehead atoms. The maximum atomic E-state index is 12.9. The van der Waals surface area contributed by atoms with Gasteiger partial charge in [0.15, 0.2) is 6.10 Å². The molecule has 480 valence electrons. The summed E-state index contributed by atoms with van der Waals surface area (Å²) < 4.78 is 23.0. The third kappa shape index (κ3) is 65.9. The highest BCUT2D eigenvalue weighted by Crippen LogP contribution is 2.18. The van der Waals surface area contributed by atoms with E-state index in [1.807, 2.05) is 21.1 Å². The summed E-state index contributed by atoms with van der Waals surface area (Å²) in [5.41, 5.74) is 0. The van der Waals surface area contributed by atoms with Gasteiger partial charge in [-0.25, -0.2) is 4.79 Å². The molecule has 2 unspecified atom stereocenters. The van der Waals surface area contributed by atoms with Crippen LogP contribution in [0.3, 0.4) is 0 Å². The molecule has 0 spiro atoms. The second-order valence-corrected chi connectivity index (χ2v) is 24.5. The van der Waals surface area contributed by atoms with E-state index >= 15 is 0 Å². The van der Waals surface area contributed by atoms with Crippen LogP contribution in [0.5, 0.6) is 0 Å². The van der Waals surface area contributed by atoms with Crippen LogP contribution in [0.25, 0.3) is 0 Å². The minimum Gasteiger partial charge on any atom is -0.477 e. The third-order valence-electron chi connectivity index (χ3n) is 15.2. The topological polar surface area (TPSA) is 108 Å². The Balaban J connectivity index is 4.08. The lowest BCUT2D eigenvalue weighted by molar-refractivity contribution is -0.870. The van der Waals surface area contributed by atoms with E-state index in [2.05, 4.69) is 98.9 Å². The van der Waals surface area contributed by atoms with Gasteiger partial charge < -0.3 is 28.5 Å². The molecular formula is C74H132NO8+. The molecule has 0 aromatic carbocycles. The molecule has 0 amide bonds. The average molecular weight is 1160 g/mol. The van der Waals surface area contributed by atoms with Crippen LogP contribution in [0, 0.1) is 0 Å². The Kier molecular flexibility index (Phi) is 61.7. The number of carbonyl (C=O) groups excluding carboxylic acids is 2. The fourth-order valence-corrected chi connectivity index (χ4v) is 9.88. The van der Waals surface area contributed by atoms with Gasteiger partial charge in [-0.2, -0.15) is 0 Å². The number of hydrogen-bond acceptors (Lipinski definition) is 7. The molecule has 0 aliphatic carbocycles. The van der Waals surface area contributed by atoms with Gasteiger partial charge >= 0.3 is 17.9 Å². The van der Waals surface area contributed by atoms with Crippen molar-refractivity contribution in [3.05, 3.63) is 85.1 Å². The summed E-state index contributed by atoms with van der Waals surface area (Å²) in [4.78, 5) is 37.6. The summed E-state index contributed by atoms with van der Waals surface area (Å²) in [7, 11) is 5.98. The zero-order valence-electron chi connectivity index (χ0n) is 54.8. The highest BCUT2D eigenvalue weighted by Gasteiger charge is 2.25. The first-order chi connectivity index (χ1) is 40.6. The Morgan fingerprint density at radius 3 is 1.02 bits per heavy atom. The van der Waals surface area contributed by atoms with Gasteiger partial charge in [0.2, 0.25) is 0 Å². The molecule has 1 N–H and O–H groups in total. The molecule has 0 aliphatic heterocycles. The number of allylic oxidation sites excluding steroid dienone is 14. The van der Waals surface area contributed by atoms with Crippen LogP contribution in [0.4, 0.5) is 0 Å². The number of esters is 2. The molecule has 83 heavy (non-hydrogen) atoms. The van der Waals surface area contributed by atoms with E-state index in [1.165, 1.54) is 199 Å². The fraction of sp³-hybridized carbons (Fsp3) is 0.770. The van der Waals surface area contributed by atoms with E-state index in [0.29, 0.717) is 17.4 Å². The summed E-state index contributed by atoms with van der Waals surface area (Å²) >= 11 is 0. The van der Waals surface area contributed by atoms with Gasteiger partial charge in [0.25, 0.3) is 6.29 Å². The summed E-state index contributed by atoms with van der Waals surface area (Å²) in [5.74, 6) is -1.99. The molecule has 0 aromatic heterocycles. The number of unbranched alkanes of at least 4 members (excludes halogenated alkanes) is 35. The SMILES string of the molecule is CC/C=C\C/C=C\C/C=C\C/C=C\C/C=C\C/C=C\C/C=C\CCCCCCCCCCCCCCCCCC(=O)OC(COC(=O)CCCCCCCCCCCCCCCCCCCCCCC)COC(OCC[N+](C)(C)C)C(=O)O. The number of aliphatic carboxylic acids is 1. The number of nitrogens with zero attached hydrogens (tertiary/aromatic N) is 1. The van der Waals surface area contributed by atoms with Gasteiger partial charge in [-0.05, 0) is 70.6 Å². The number of ether oxygens (including phenoxy) is 4. The number of likely N-dealkylation sites (N-methyl/N-ethyl adjacent to an activating group) is 1. The summed E-state index contributed by atoms with van der Waals surface area (Å²) in [5, 5.41) is 9.74. The van der Waals surface area contributed by atoms with Crippen LogP contribution in [-0.2, 0) is 33.3 Å². The van der Waals surface area contributed by atoms with Crippen molar-refractivity contribution < 1.29 is 42.9 Å². The van der Waals surface area contributed by atoms with Gasteiger partial charge in [-0.3, -0.25) is 9.59 Å². The maximum Gasteiger partial charge on any atom is 0.361 e. The molecule has 2 atom stereocenters. The second-order valence-electron chi connectivity index (χ2n) is 24.5. The standard InChI is InChI=1S/C74H131NO8/c1-6-8-10-12-14-16-18-20-22-24-26-28-29-30-31-32-33-34-35-36-37-38-39-40-41-42-43-45-47-49-51-53-55-57-59-61-63-65-72(77)83-70(69-82-74(73(78)79)80-67-66-75(3,4)5)68-81-71(76)64-62-60-58-56-54-52-50-48-46-44-27-25-23-21-19-17-15-13-11-9-7-2/h8,10,14,16,20,22,26,28,30-31,33-34,36-37,70,74H,6-7,9,11-13,15,17-19,21,23-25,27,29,32,35,38-69H2,1-5H3/p+1/b10-8-,16-14-,22-20-,28-26-,31-30-,34-33-,37-36-. The Hall–Kier alpha value is -3.53. The summed E-state index contributed by atoms with van der Waals surface area (Å²) in [6.07, 6.45) is 84.1. The van der Waals surface area contributed by atoms with E-state index < -0.39 is 24.3 Å². The Morgan fingerprint density at radius 1 is 0.373 bits per heavy atom. The molecular weight excluding hydrogens is 1030 g/mol. The lowest BCUT2D eigenvalue weighted by Gasteiger charge is -2.25. The van der Waals surface area contributed by atoms with E-state index in [4.69, 9.17) is 18.9 Å². The van der Waals surface area contributed by atoms with Gasteiger partial charge in [-0.15, -0.1) is 0 Å². The number of rotatable bonds is 64.